The van der Waals surface area contributed by atoms with E-state index in [9.17, 15) is 9.59 Å². The van der Waals surface area contributed by atoms with Gasteiger partial charge in [-0.15, -0.1) is 0 Å². The number of fused-ring (bicyclic) bond motifs is 1. The van der Waals surface area contributed by atoms with Gasteiger partial charge in [0.05, 0.1) is 24.2 Å². The van der Waals surface area contributed by atoms with E-state index in [0.29, 0.717) is 38.7 Å². The molecule has 2 heterocycles. The number of rotatable bonds is 5. The van der Waals surface area contributed by atoms with Crippen molar-refractivity contribution in [2.24, 2.45) is 0 Å². The van der Waals surface area contributed by atoms with Crippen LogP contribution >= 0.6 is 0 Å². The highest BCUT2D eigenvalue weighted by Crippen LogP contribution is 2.14. The van der Waals surface area contributed by atoms with Gasteiger partial charge >= 0.3 is 6.03 Å². The number of aromatic amines is 1. The van der Waals surface area contributed by atoms with E-state index in [1.165, 1.54) is 0 Å². The summed E-state index contributed by atoms with van der Waals surface area (Å²) in [6, 6.07) is 16.1. The molecule has 0 aliphatic carbocycles. The molecule has 3 aromatic rings. The van der Waals surface area contributed by atoms with Gasteiger partial charge in [0.1, 0.15) is 6.04 Å². The second-order valence-electron chi connectivity index (χ2n) is 6.88. The van der Waals surface area contributed by atoms with E-state index in [0.717, 1.165) is 16.6 Å². The van der Waals surface area contributed by atoms with Crippen LogP contribution in [0.1, 0.15) is 5.56 Å². The number of amides is 3. The molecule has 8 heteroatoms. The summed E-state index contributed by atoms with van der Waals surface area (Å²) in [5.74, 6) is 0.0319. The molecule has 2 aromatic carbocycles. The largest absolute Gasteiger partial charge is 0.378 e. The minimum atomic E-state index is -0.735. The van der Waals surface area contributed by atoms with Crippen LogP contribution in [0.15, 0.2) is 54.6 Å². The smallest absolute Gasteiger partial charge is 0.318 e. The Balaban J connectivity index is 1.49. The quantitative estimate of drug-likeness (QED) is 0.618. The van der Waals surface area contributed by atoms with Gasteiger partial charge in [-0.2, -0.15) is 0 Å². The molecule has 3 N–H and O–H groups in total. The molecule has 4 rings (SSSR count). The highest BCUT2D eigenvalue weighted by molar-refractivity contribution is 5.97. The van der Waals surface area contributed by atoms with Crippen molar-refractivity contribution in [1.29, 1.82) is 0 Å². The lowest BCUT2D eigenvalue weighted by Crippen LogP contribution is -2.53. The van der Waals surface area contributed by atoms with Crippen molar-refractivity contribution in [3.63, 3.8) is 0 Å². The first kappa shape index (κ1) is 18.9. The van der Waals surface area contributed by atoms with E-state index in [1.54, 1.807) is 4.90 Å². The predicted molar refractivity (Wildman–Crippen MR) is 110 cm³/mol. The fourth-order valence-corrected chi connectivity index (χ4v) is 3.28. The van der Waals surface area contributed by atoms with Gasteiger partial charge < -0.3 is 19.9 Å². The van der Waals surface area contributed by atoms with Crippen molar-refractivity contribution in [3.05, 3.63) is 60.2 Å². The van der Waals surface area contributed by atoms with Crippen LogP contribution in [-0.2, 0) is 16.0 Å². The van der Waals surface area contributed by atoms with E-state index in [1.807, 2.05) is 54.6 Å². The van der Waals surface area contributed by atoms with Gasteiger partial charge in [-0.05, 0) is 17.7 Å². The molecule has 1 saturated heterocycles. The molecule has 1 atom stereocenters. The number of para-hydroxylation sites is 2. The number of hydrogen-bond donors (Lipinski definition) is 3. The maximum absolute atomic E-state index is 13.0. The molecule has 150 valence electrons. The van der Waals surface area contributed by atoms with Crippen molar-refractivity contribution < 1.29 is 14.3 Å². The van der Waals surface area contributed by atoms with Crippen LogP contribution in [0.25, 0.3) is 11.0 Å². The fraction of sp³-hybridized carbons (Fsp3) is 0.286. The summed E-state index contributed by atoms with van der Waals surface area (Å²) in [5.41, 5.74) is 2.55. The molecule has 1 fully saturated rings. The van der Waals surface area contributed by atoms with Gasteiger partial charge in [-0.25, -0.2) is 9.78 Å². The Morgan fingerprint density at radius 1 is 1.07 bits per heavy atom. The molecular formula is C21H23N5O3. The molecule has 0 unspecified atom stereocenters. The van der Waals surface area contributed by atoms with Crippen LogP contribution in [0.5, 0.6) is 0 Å². The predicted octanol–water partition coefficient (Wildman–Crippen LogP) is 2.15. The van der Waals surface area contributed by atoms with Crippen molar-refractivity contribution >= 4 is 28.9 Å². The lowest BCUT2D eigenvalue weighted by molar-refractivity contribution is -0.118. The Morgan fingerprint density at radius 2 is 1.79 bits per heavy atom. The number of aromatic nitrogens is 2. The van der Waals surface area contributed by atoms with Gasteiger partial charge in [0.2, 0.25) is 11.9 Å². The Bertz CT molecular complexity index is 949. The molecule has 1 aliphatic heterocycles. The standard InChI is InChI=1S/C21H23N5O3/c27-19(25-20-22-16-8-4-5-9-17(16)23-20)18(14-15-6-2-1-3-7-15)24-21(28)26-10-12-29-13-11-26/h1-9,18H,10-14H2,(H,24,28)(H2,22,23,25,27)/t18-/m0/s1. The first-order valence-electron chi connectivity index (χ1n) is 9.62. The highest BCUT2D eigenvalue weighted by atomic mass is 16.5. The summed E-state index contributed by atoms with van der Waals surface area (Å²) in [6.07, 6.45) is 0.378. The number of ether oxygens (including phenoxy) is 1. The van der Waals surface area contributed by atoms with Gasteiger partial charge in [-0.1, -0.05) is 42.5 Å². The van der Waals surface area contributed by atoms with E-state index in [4.69, 9.17) is 4.74 Å². The van der Waals surface area contributed by atoms with E-state index in [-0.39, 0.29) is 11.9 Å². The number of anilines is 1. The van der Waals surface area contributed by atoms with E-state index >= 15 is 0 Å². The summed E-state index contributed by atoms with van der Waals surface area (Å²) in [5, 5.41) is 5.66. The maximum atomic E-state index is 13.0. The number of nitrogens with one attached hydrogen (secondary N) is 3. The van der Waals surface area contributed by atoms with E-state index < -0.39 is 6.04 Å². The number of nitrogens with zero attached hydrogens (tertiary/aromatic N) is 2. The van der Waals surface area contributed by atoms with Crippen molar-refractivity contribution in [1.82, 2.24) is 20.2 Å². The molecular weight excluding hydrogens is 370 g/mol. The first-order valence-corrected chi connectivity index (χ1v) is 9.62. The summed E-state index contributed by atoms with van der Waals surface area (Å²) < 4.78 is 5.29. The van der Waals surface area contributed by atoms with Crippen LogP contribution in [-0.4, -0.2) is 59.2 Å². The van der Waals surface area contributed by atoms with Gasteiger partial charge in [0.15, 0.2) is 0 Å². The Labute approximate surface area is 168 Å². The molecule has 1 aliphatic rings. The Morgan fingerprint density at radius 3 is 2.55 bits per heavy atom. The average Bonchev–Trinajstić information content (AvgIpc) is 3.17. The first-order chi connectivity index (χ1) is 14.2. The number of benzene rings is 2. The average molecular weight is 393 g/mol. The molecule has 0 spiro atoms. The van der Waals surface area contributed by atoms with E-state index in [2.05, 4.69) is 20.6 Å². The molecule has 1 aromatic heterocycles. The number of imidazole rings is 1. The van der Waals surface area contributed by atoms with Gasteiger partial charge in [-0.3, -0.25) is 10.1 Å². The second kappa shape index (κ2) is 8.74. The van der Waals surface area contributed by atoms with Gasteiger partial charge in [0.25, 0.3) is 0 Å². The zero-order chi connectivity index (χ0) is 20.1. The van der Waals surface area contributed by atoms with Crippen LogP contribution in [0, 0.1) is 0 Å². The zero-order valence-corrected chi connectivity index (χ0v) is 15.9. The third kappa shape index (κ3) is 4.72. The number of morpholine rings is 1. The summed E-state index contributed by atoms with van der Waals surface area (Å²) in [7, 11) is 0. The Kier molecular flexibility index (Phi) is 5.71. The third-order valence-electron chi connectivity index (χ3n) is 4.83. The number of hydrogen-bond acceptors (Lipinski definition) is 4. The topological polar surface area (TPSA) is 99.3 Å². The molecule has 3 amide bonds. The lowest BCUT2D eigenvalue weighted by atomic mass is 10.1. The summed E-state index contributed by atoms with van der Waals surface area (Å²) in [6.45, 7) is 2.02. The number of urea groups is 1. The summed E-state index contributed by atoms with van der Waals surface area (Å²) >= 11 is 0. The molecule has 0 bridgehead atoms. The molecule has 0 saturated carbocycles. The summed E-state index contributed by atoms with van der Waals surface area (Å²) in [4.78, 5) is 34.8. The maximum Gasteiger partial charge on any atom is 0.318 e. The SMILES string of the molecule is O=C(Nc1nc2ccccc2[nH]1)[C@H](Cc1ccccc1)NC(=O)N1CCOCC1. The van der Waals surface area contributed by atoms with Crippen LogP contribution in [0.4, 0.5) is 10.7 Å². The number of carbonyl (C=O) groups is 2. The second-order valence-corrected chi connectivity index (χ2v) is 6.88. The van der Waals surface area contributed by atoms with Crippen LogP contribution in [0.3, 0.4) is 0 Å². The lowest BCUT2D eigenvalue weighted by Gasteiger charge is -2.29. The highest BCUT2D eigenvalue weighted by Gasteiger charge is 2.25. The van der Waals surface area contributed by atoms with Crippen molar-refractivity contribution in [3.8, 4) is 0 Å². The van der Waals surface area contributed by atoms with Gasteiger partial charge in [0, 0.05) is 19.5 Å². The monoisotopic (exact) mass is 393 g/mol. The molecule has 0 radical (unpaired) electrons. The molecule has 8 nitrogen and oxygen atoms in total. The minimum absolute atomic E-state index is 0.269. The fourth-order valence-electron chi connectivity index (χ4n) is 3.28. The van der Waals surface area contributed by atoms with Crippen LogP contribution in [0.2, 0.25) is 0 Å². The number of H-pyrrole nitrogens is 1. The third-order valence-corrected chi connectivity index (χ3v) is 4.83. The van der Waals surface area contributed by atoms with Crippen molar-refractivity contribution in [2.75, 3.05) is 31.6 Å². The number of carbonyl (C=O) groups excluding carboxylic acids is 2. The van der Waals surface area contributed by atoms with Crippen molar-refractivity contribution in [2.45, 2.75) is 12.5 Å². The minimum Gasteiger partial charge on any atom is -0.378 e. The normalized spacial score (nSPS) is 15.1. The zero-order valence-electron chi connectivity index (χ0n) is 15.9. The Hall–Kier alpha value is -3.39. The van der Waals surface area contributed by atoms with Crippen LogP contribution < -0.4 is 10.6 Å². The molecule has 29 heavy (non-hydrogen) atoms.